The van der Waals surface area contributed by atoms with Gasteiger partial charge in [-0.15, -0.1) is 0 Å². The van der Waals surface area contributed by atoms with Gasteiger partial charge in [0.1, 0.15) is 11.3 Å². The molecule has 0 spiro atoms. The Balaban J connectivity index is 2.80. The van der Waals surface area contributed by atoms with Gasteiger partial charge in [-0.05, 0) is 22.0 Å². The summed E-state index contributed by atoms with van der Waals surface area (Å²) in [6, 6.07) is 2.40. The van der Waals surface area contributed by atoms with E-state index in [0.717, 1.165) is 14.5 Å². The van der Waals surface area contributed by atoms with Crippen LogP contribution in [0.4, 0.5) is 8.78 Å². The Hall–Kier alpha value is -1.59. The Morgan fingerprint density at radius 1 is 1.45 bits per heavy atom. The average Bonchev–Trinajstić information content (AvgIpc) is 2.77. The van der Waals surface area contributed by atoms with Gasteiger partial charge < -0.3 is 10.1 Å². The van der Waals surface area contributed by atoms with E-state index >= 15 is 0 Å². The van der Waals surface area contributed by atoms with Gasteiger partial charge in [-0.3, -0.25) is 0 Å². The van der Waals surface area contributed by atoms with E-state index in [-0.39, 0.29) is 27.1 Å². The Kier molecular flexibility index (Phi) is 4.49. The zero-order chi connectivity index (χ0) is 16.7. The van der Waals surface area contributed by atoms with E-state index in [1.165, 1.54) is 26.2 Å². The minimum atomic E-state index is -3.94. The number of nitrogens with zero attached hydrogens (tertiary/aromatic N) is 3. The van der Waals surface area contributed by atoms with Gasteiger partial charge in [-0.2, -0.15) is 21.5 Å². The maximum atomic E-state index is 12.4. The van der Waals surface area contributed by atoms with Gasteiger partial charge in [-0.25, -0.2) is 8.96 Å². The fourth-order valence-electron chi connectivity index (χ4n) is 1.79. The normalized spacial score (nSPS) is 12.3. The third-order valence-electron chi connectivity index (χ3n) is 2.71. The van der Waals surface area contributed by atoms with Crippen LogP contribution < -0.4 is 4.74 Å². The summed E-state index contributed by atoms with van der Waals surface area (Å²) in [5, 5.41) is 7.32. The largest absolute Gasteiger partial charge is 0.435 e. The first kappa shape index (κ1) is 16.8. The van der Waals surface area contributed by atoms with Crippen molar-refractivity contribution in [1.29, 1.82) is 5.41 Å². The van der Waals surface area contributed by atoms with E-state index in [0.29, 0.717) is 0 Å². The summed E-state index contributed by atoms with van der Waals surface area (Å²) in [6.45, 7) is -3.01. The highest BCUT2D eigenvalue weighted by atomic mass is 79.9. The first-order valence-electron chi connectivity index (χ1n) is 5.78. The van der Waals surface area contributed by atoms with Crippen molar-refractivity contribution < 1.29 is 21.9 Å². The topological polar surface area (TPSA) is 88.3 Å². The second-order valence-corrected chi connectivity index (χ2v) is 7.17. The van der Waals surface area contributed by atoms with Crippen LogP contribution in [0, 0.1) is 5.41 Å². The quantitative estimate of drug-likeness (QED) is 0.783. The number of nitrogens with one attached hydrogen (secondary N) is 1. The smallest absolute Gasteiger partial charge is 0.387 e. The van der Waals surface area contributed by atoms with Gasteiger partial charge in [0, 0.05) is 24.6 Å². The van der Waals surface area contributed by atoms with E-state index in [9.17, 15) is 17.2 Å². The summed E-state index contributed by atoms with van der Waals surface area (Å²) >= 11 is 3.13. The van der Waals surface area contributed by atoms with E-state index < -0.39 is 16.8 Å². The second-order valence-electron chi connectivity index (χ2n) is 4.32. The molecule has 0 aliphatic carbocycles. The van der Waals surface area contributed by atoms with Crippen LogP contribution in [0.15, 0.2) is 16.6 Å². The maximum absolute atomic E-state index is 12.4. The zero-order valence-corrected chi connectivity index (χ0v) is 13.8. The van der Waals surface area contributed by atoms with Crippen molar-refractivity contribution in [2.24, 2.45) is 0 Å². The third-order valence-corrected chi connectivity index (χ3v) is 5.07. The number of halogens is 3. The average molecular weight is 397 g/mol. The lowest BCUT2D eigenvalue weighted by molar-refractivity contribution is -0.0497. The number of benzene rings is 1. The predicted octanol–water partition coefficient (Wildman–Crippen LogP) is 2.05. The molecule has 2 aromatic rings. The highest BCUT2D eigenvalue weighted by molar-refractivity contribution is 9.10. The monoisotopic (exact) mass is 396 g/mol. The summed E-state index contributed by atoms with van der Waals surface area (Å²) < 4.78 is 55.6. The minimum Gasteiger partial charge on any atom is -0.435 e. The maximum Gasteiger partial charge on any atom is 0.387 e. The predicted molar refractivity (Wildman–Crippen MR) is 80.0 cm³/mol. The van der Waals surface area contributed by atoms with E-state index in [1.807, 2.05) is 0 Å². The fraction of sp³-hybridized carbons (Fsp3) is 0.273. The zero-order valence-electron chi connectivity index (χ0n) is 11.4. The molecule has 0 atom stereocenters. The minimum absolute atomic E-state index is 0.106. The molecular formula is C11H11BrF2N4O3S. The summed E-state index contributed by atoms with van der Waals surface area (Å²) in [6.07, 6.45) is 0.765. The number of alkyl halides is 2. The molecule has 0 aliphatic rings. The highest BCUT2D eigenvalue weighted by Crippen LogP contribution is 2.32. The molecule has 0 bridgehead atoms. The molecule has 0 radical (unpaired) electrons. The molecule has 0 aliphatic heterocycles. The molecule has 2 rings (SSSR count). The lowest BCUT2D eigenvalue weighted by Crippen LogP contribution is -2.30. The van der Waals surface area contributed by atoms with E-state index in [4.69, 9.17) is 5.41 Å². The molecule has 11 heteroatoms. The van der Waals surface area contributed by atoms with Gasteiger partial charge in [-0.1, -0.05) is 0 Å². The lowest BCUT2D eigenvalue weighted by atomic mass is 10.3. The molecule has 0 fully saturated rings. The Labute approximate surface area is 133 Å². The first-order valence-corrected chi connectivity index (χ1v) is 7.97. The Morgan fingerprint density at radius 2 is 2.09 bits per heavy atom. The van der Waals surface area contributed by atoms with Crippen molar-refractivity contribution in [2.45, 2.75) is 6.61 Å². The molecule has 0 amide bonds. The Bertz CT molecular complexity index is 835. The molecule has 1 heterocycles. The number of hydrogen-bond acceptors (Lipinski definition) is 5. The number of imidazole rings is 1. The van der Waals surface area contributed by atoms with Gasteiger partial charge in [0.2, 0.25) is 0 Å². The number of hydrogen-bond donors (Lipinski definition) is 1. The molecule has 1 N–H and O–H groups in total. The van der Waals surface area contributed by atoms with E-state index in [1.54, 1.807) is 0 Å². The van der Waals surface area contributed by atoms with Crippen LogP contribution in [0.3, 0.4) is 0 Å². The first-order chi connectivity index (χ1) is 10.2. The molecule has 22 heavy (non-hydrogen) atoms. The number of fused-ring (bicyclic) bond motifs is 1. The number of aromatic nitrogens is 2. The van der Waals surface area contributed by atoms with Gasteiger partial charge in [0.15, 0.2) is 5.82 Å². The molecule has 7 nitrogen and oxygen atoms in total. The third kappa shape index (κ3) is 2.83. The van der Waals surface area contributed by atoms with Crippen LogP contribution in [0.5, 0.6) is 5.75 Å². The van der Waals surface area contributed by atoms with E-state index in [2.05, 4.69) is 25.7 Å². The van der Waals surface area contributed by atoms with Gasteiger partial charge in [0.25, 0.3) is 0 Å². The highest BCUT2D eigenvalue weighted by Gasteiger charge is 2.25. The molecule has 0 unspecified atom stereocenters. The molecule has 1 aromatic carbocycles. The van der Waals surface area contributed by atoms with Crippen molar-refractivity contribution >= 4 is 43.4 Å². The number of rotatable bonds is 5. The molecule has 120 valence electrons. The van der Waals surface area contributed by atoms with Crippen molar-refractivity contribution in [3.05, 3.63) is 22.4 Å². The van der Waals surface area contributed by atoms with Crippen LogP contribution in [0.25, 0.3) is 11.0 Å². The van der Waals surface area contributed by atoms with Crippen LogP contribution in [-0.2, 0) is 10.2 Å². The summed E-state index contributed by atoms with van der Waals surface area (Å²) in [5.41, 5.74) is 0.239. The van der Waals surface area contributed by atoms with Crippen molar-refractivity contribution in [3.8, 4) is 5.75 Å². The standard InChI is InChI=1S/C11H11BrF2N4O3S/c1-17(2)22(19,20)18-9(5-15)16-8-4-6(21-11(13)14)3-7(12)10(8)18/h3-5,11,15H,1-2H3. The summed E-state index contributed by atoms with van der Waals surface area (Å²) in [7, 11) is -1.28. The SMILES string of the molecule is CN(C)S(=O)(=O)n1c(C=N)nc2cc(OC(F)F)cc(Br)c21. The molecule has 1 aromatic heterocycles. The second kappa shape index (κ2) is 5.89. The van der Waals surface area contributed by atoms with Crippen molar-refractivity contribution in [3.63, 3.8) is 0 Å². The van der Waals surface area contributed by atoms with Gasteiger partial charge >= 0.3 is 16.8 Å². The lowest BCUT2D eigenvalue weighted by Gasteiger charge is -2.14. The number of ether oxygens (including phenoxy) is 1. The molecule has 0 saturated carbocycles. The van der Waals surface area contributed by atoms with Crippen LogP contribution in [-0.4, -0.2) is 48.6 Å². The Morgan fingerprint density at radius 3 is 2.59 bits per heavy atom. The van der Waals surface area contributed by atoms with Gasteiger partial charge in [0.05, 0.1) is 11.7 Å². The summed E-state index contributed by atoms with van der Waals surface area (Å²) in [4.78, 5) is 3.97. The van der Waals surface area contributed by atoms with Crippen LogP contribution in [0.2, 0.25) is 0 Å². The fourth-order valence-corrected chi connectivity index (χ4v) is 3.59. The molecular weight excluding hydrogens is 386 g/mol. The van der Waals surface area contributed by atoms with Crippen molar-refractivity contribution in [1.82, 2.24) is 13.3 Å². The summed E-state index contributed by atoms with van der Waals surface area (Å²) in [5.74, 6) is -0.323. The van der Waals surface area contributed by atoms with Crippen LogP contribution >= 0.6 is 15.9 Å². The van der Waals surface area contributed by atoms with Crippen LogP contribution in [0.1, 0.15) is 5.82 Å². The van der Waals surface area contributed by atoms with Crippen molar-refractivity contribution in [2.75, 3.05) is 14.1 Å². The molecule has 0 saturated heterocycles.